The first-order valence-electron chi connectivity index (χ1n) is 7.85. The van der Waals surface area contributed by atoms with E-state index in [9.17, 15) is 8.42 Å². The number of nitrogens with one attached hydrogen (secondary N) is 1. The van der Waals surface area contributed by atoms with Crippen molar-refractivity contribution in [3.05, 3.63) is 0 Å². The summed E-state index contributed by atoms with van der Waals surface area (Å²) in [6.45, 7) is 4.66. The normalized spacial score (nSPS) is 37.6. The fourth-order valence-corrected chi connectivity index (χ4v) is 4.87. The lowest BCUT2D eigenvalue weighted by Crippen LogP contribution is -2.36. The van der Waals surface area contributed by atoms with Gasteiger partial charge in [-0.05, 0) is 69.6 Å². The van der Waals surface area contributed by atoms with E-state index in [0.717, 1.165) is 30.8 Å². The fraction of sp³-hybridized carbons (Fsp3) is 1.00. The fourth-order valence-electron chi connectivity index (χ4n) is 3.69. The van der Waals surface area contributed by atoms with Crippen LogP contribution in [-0.4, -0.2) is 32.0 Å². The van der Waals surface area contributed by atoms with Crippen LogP contribution in [0, 0.1) is 17.3 Å². The van der Waals surface area contributed by atoms with Crippen molar-refractivity contribution < 1.29 is 8.42 Å². The van der Waals surface area contributed by atoms with E-state index in [1.807, 2.05) is 0 Å². The van der Waals surface area contributed by atoms with Gasteiger partial charge in [-0.1, -0.05) is 0 Å². The summed E-state index contributed by atoms with van der Waals surface area (Å²) < 4.78 is 24.1. The van der Waals surface area contributed by atoms with E-state index in [1.54, 1.807) is 13.8 Å². The third kappa shape index (κ3) is 3.15. The van der Waals surface area contributed by atoms with Crippen LogP contribution in [0.1, 0.15) is 52.4 Å². The first kappa shape index (κ1) is 13.9. The molecule has 0 saturated heterocycles. The third-order valence-corrected chi connectivity index (χ3v) is 7.65. The van der Waals surface area contributed by atoms with Crippen molar-refractivity contribution in [2.75, 3.05) is 12.3 Å². The summed E-state index contributed by atoms with van der Waals surface area (Å²) in [4.78, 5) is 0. The molecule has 0 heterocycles. The minimum Gasteiger partial charge on any atom is -0.313 e. The molecule has 0 aromatic heterocycles. The lowest BCUT2D eigenvalue weighted by atomic mass is 9.80. The first-order chi connectivity index (χ1) is 8.90. The van der Waals surface area contributed by atoms with Crippen LogP contribution in [0.5, 0.6) is 0 Å². The van der Waals surface area contributed by atoms with Crippen molar-refractivity contribution in [2.24, 2.45) is 17.3 Å². The van der Waals surface area contributed by atoms with Gasteiger partial charge in [-0.3, -0.25) is 0 Å². The zero-order valence-corrected chi connectivity index (χ0v) is 13.0. The van der Waals surface area contributed by atoms with Crippen molar-refractivity contribution >= 4 is 9.84 Å². The van der Waals surface area contributed by atoms with Gasteiger partial charge in [0.25, 0.3) is 0 Å². The molecule has 0 bridgehead atoms. The highest BCUT2D eigenvalue weighted by Gasteiger charge is 2.53. The molecule has 0 aromatic carbocycles. The summed E-state index contributed by atoms with van der Waals surface area (Å²) in [5.74, 6) is 2.22. The number of fused-ring (bicyclic) bond motifs is 1. The molecule has 3 rings (SSSR count). The molecule has 0 radical (unpaired) electrons. The molecule has 0 amide bonds. The van der Waals surface area contributed by atoms with Crippen LogP contribution in [0.4, 0.5) is 0 Å². The van der Waals surface area contributed by atoms with Gasteiger partial charge < -0.3 is 5.32 Å². The van der Waals surface area contributed by atoms with Crippen molar-refractivity contribution in [3.63, 3.8) is 0 Å². The molecule has 0 aromatic rings. The van der Waals surface area contributed by atoms with Gasteiger partial charge >= 0.3 is 0 Å². The molecule has 4 heteroatoms. The summed E-state index contributed by atoms with van der Waals surface area (Å²) in [6.07, 6.45) is 7.44. The van der Waals surface area contributed by atoms with Gasteiger partial charge in [-0.2, -0.15) is 0 Å². The van der Waals surface area contributed by atoms with E-state index in [1.165, 1.54) is 32.1 Å². The van der Waals surface area contributed by atoms with E-state index in [4.69, 9.17) is 0 Å². The molecular weight excluding hydrogens is 258 g/mol. The highest BCUT2D eigenvalue weighted by Crippen LogP contribution is 2.61. The second-order valence-corrected chi connectivity index (χ2v) is 10.2. The summed E-state index contributed by atoms with van der Waals surface area (Å²) in [5.41, 5.74) is 0.290. The maximum Gasteiger partial charge on any atom is 0.152 e. The van der Waals surface area contributed by atoms with Gasteiger partial charge in [0.15, 0.2) is 9.84 Å². The Kier molecular flexibility index (Phi) is 3.45. The van der Waals surface area contributed by atoms with Crippen LogP contribution >= 0.6 is 0 Å². The zero-order valence-electron chi connectivity index (χ0n) is 12.2. The predicted molar refractivity (Wildman–Crippen MR) is 77.8 cm³/mol. The number of hydrogen-bond acceptors (Lipinski definition) is 3. The molecule has 19 heavy (non-hydrogen) atoms. The SMILES string of the molecule is CC(C)S(=O)(=O)CCC1(CNC2CC2)CC2CC2C1. The Hall–Kier alpha value is -0.0900. The maximum atomic E-state index is 12.1. The largest absolute Gasteiger partial charge is 0.313 e. The standard InChI is InChI=1S/C15H27NO2S/c1-11(2)19(17,18)6-5-15(10-16-14-3-4-14)8-12-7-13(12)9-15/h11-14,16H,3-10H2,1-2H3. The Morgan fingerprint density at radius 2 is 1.84 bits per heavy atom. The first-order valence-corrected chi connectivity index (χ1v) is 9.57. The minimum atomic E-state index is -2.88. The molecule has 0 spiro atoms. The van der Waals surface area contributed by atoms with Gasteiger partial charge in [0.05, 0.1) is 11.0 Å². The Bertz CT molecular complexity index is 429. The smallest absolute Gasteiger partial charge is 0.152 e. The number of hydrogen-bond donors (Lipinski definition) is 1. The van der Waals surface area contributed by atoms with E-state index in [-0.39, 0.29) is 10.7 Å². The third-order valence-electron chi connectivity index (χ3n) is 5.44. The molecule has 3 saturated carbocycles. The van der Waals surface area contributed by atoms with Crippen LogP contribution < -0.4 is 5.32 Å². The lowest BCUT2D eigenvalue weighted by molar-refractivity contribution is 0.240. The van der Waals surface area contributed by atoms with Crippen LogP contribution in [0.25, 0.3) is 0 Å². The van der Waals surface area contributed by atoms with Crippen LogP contribution in [-0.2, 0) is 9.84 Å². The number of rotatable bonds is 7. The van der Waals surface area contributed by atoms with Crippen molar-refractivity contribution in [1.82, 2.24) is 5.32 Å². The molecular formula is C15H27NO2S. The average molecular weight is 285 g/mol. The summed E-state index contributed by atoms with van der Waals surface area (Å²) >= 11 is 0. The zero-order chi connectivity index (χ0) is 13.7. The maximum absolute atomic E-state index is 12.1. The van der Waals surface area contributed by atoms with E-state index >= 15 is 0 Å². The molecule has 3 aliphatic carbocycles. The molecule has 2 atom stereocenters. The van der Waals surface area contributed by atoms with Gasteiger partial charge in [-0.25, -0.2) is 8.42 Å². The molecule has 0 aliphatic heterocycles. The molecule has 1 N–H and O–H groups in total. The molecule has 2 unspecified atom stereocenters. The Balaban J connectivity index is 1.59. The summed E-state index contributed by atoms with van der Waals surface area (Å²) in [7, 11) is -2.88. The Labute approximate surface area is 117 Å². The van der Waals surface area contributed by atoms with Crippen molar-refractivity contribution in [2.45, 2.75) is 63.7 Å². The minimum absolute atomic E-state index is 0.225. The summed E-state index contributed by atoms with van der Waals surface area (Å²) in [5, 5.41) is 3.43. The Morgan fingerprint density at radius 1 is 1.21 bits per heavy atom. The molecule has 3 nitrogen and oxygen atoms in total. The number of sulfone groups is 1. The Morgan fingerprint density at radius 3 is 2.37 bits per heavy atom. The average Bonchev–Trinajstić information content (AvgIpc) is 3.26. The highest BCUT2D eigenvalue weighted by molar-refractivity contribution is 7.91. The quantitative estimate of drug-likeness (QED) is 0.781. The van der Waals surface area contributed by atoms with E-state index < -0.39 is 9.84 Å². The van der Waals surface area contributed by atoms with Gasteiger partial charge in [0.2, 0.25) is 0 Å². The predicted octanol–water partition coefficient (Wildman–Crippen LogP) is 2.37. The second-order valence-electron chi connectivity index (χ2n) is 7.49. The monoisotopic (exact) mass is 285 g/mol. The second kappa shape index (κ2) is 4.73. The molecule has 3 aliphatic rings. The van der Waals surface area contributed by atoms with Crippen molar-refractivity contribution in [3.8, 4) is 0 Å². The van der Waals surface area contributed by atoms with Crippen LogP contribution in [0.15, 0.2) is 0 Å². The van der Waals surface area contributed by atoms with Crippen LogP contribution in [0.2, 0.25) is 0 Å². The highest BCUT2D eigenvalue weighted by atomic mass is 32.2. The van der Waals surface area contributed by atoms with Gasteiger partial charge in [0, 0.05) is 12.6 Å². The van der Waals surface area contributed by atoms with Gasteiger partial charge in [0.1, 0.15) is 0 Å². The molecule has 3 fully saturated rings. The van der Waals surface area contributed by atoms with Gasteiger partial charge in [-0.15, -0.1) is 0 Å². The van der Waals surface area contributed by atoms with E-state index in [2.05, 4.69) is 5.32 Å². The van der Waals surface area contributed by atoms with Crippen molar-refractivity contribution in [1.29, 1.82) is 0 Å². The molecule has 110 valence electrons. The topological polar surface area (TPSA) is 46.2 Å². The summed E-state index contributed by atoms with van der Waals surface area (Å²) in [6, 6.07) is 0.732. The lowest BCUT2D eigenvalue weighted by Gasteiger charge is -2.31. The van der Waals surface area contributed by atoms with E-state index in [0.29, 0.717) is 5.75 Å². The van der Waals surface area contributed by atoms with Crippen LogP contribution in [0.3, 0.4) is 0 Å².